The van der Waals surface area contributed by atoms with Crippen LogP contribution in [0.4, 0.5) is 4.39 Å². The fraction of sp³-hybridized carbons (Fsp3) is 0.571. The predicted octanol–water partition coefficient (Wildman–Crippen LogP) is 2.90. The monoisotopic (exact) mass is 237 g/mol. The van der Waals surface area contributed by atoms with E-state index in [1.807, 2.05) is 0 Å². The minimum Gasteiger partial charge on any atom is -0.371 e. The summed E-state index contributed by atoms with van der Waals surface area (Å²) in [6.45, 7) is 8.12. The molecule has 0 bridgehead atoms. The Kier molecular flexibility index (Phi) is 3.50. The summed E-state index contributed by atoms with van der Waals surface area (Å²) < 4.78 is 18.9. The summed E-state index contributed by atoms with van der Waals surface area (Å²) >= 11 is 0. The van der Waals surface area contributed by atoms with Crippen molar-refractivity contribution in [3.63, 3.8) is 0 Å². The quantitative estimate of drug-likeness (QED) is 0.811. The van der Waals surface area contributed by atoms with Gasteiger partial charge in [-0.3, -0.25) is 0 Å². The molecule has 2 unspecified atom stereocenters. The maximum absolute atomic E-state index is 12.9. The molecular weight excluding hydrogens is 217 g/mol. The molecule has 0 aliphatic carbocycles. The molecule has 94 valence electrons. The fourth-order valence-electron chi connectivity index (χ4n) is 2.09. The first-order chi connectivity index (χ1) is 7.98. The molecule has 1 aliphatic heterocycles. The van der Waals surface area contributed by atoms with Gasteiger partial charge in [0.2, 0.25) is 0 Å². The molecule has 1 fully saturated rings. The Morgan fingerprint density at radius 1 is 1.29 bits per heavy atom. The van der Waals surface area contributed by atoms with E-state index in [-0.39, 0.29) is 23.4 Å². The Labute approximate surface area is 102 Å². The number of nitrogens with one attached hydrogen (secondary N) is 1. The first-order valence-electron chi connectivity index (χ1n) is 6.08. The average Bonchev–Trinajstić information content (AvgIpc) is 2.41. The SMILES string of the molecule is CC1NCC(C)(C)COC1c1ccc(F)cc1. The van der Waals surface area contributed by atoms with Crippen molar-refractivity contribution in [2.45, 2.75) is 32.9 Å². The van der Waals surface area contributed by atoms with Gasteiger partial charge in [0.1, 0.15) is 5.82 Å². The first-order valence-corrected chi connectivity index (χ1v) is 6.08. The van der Waals surface area contributed by atoms with Gasteiger partial charge in [-0.25, -0.2) is 4.39 Å². The van der Waals surface area contributed by atoms with Gasteiger partial charge in [-0.15, -0.1) is 0 Å². The van der Waals surface area contributed by atoms with E-state index < -0.39 is 0 Å². The van der Waals surface area contributed by atoms with Gasteiger partial charge in [-0.2, -0.15) is 0 Å². The number of rotatable bonds is 1. The second-order valence-electron chi connectivity index (χ2n) is 5.62. The highest BCUT2D eigenvalue weighted by molar-refractivity contribution is 5.20. The van der Waals surface area contributed by atoms with Crippen LogP contribution in [0.3, 0.4) is 0 Å². The average molecular weight is 237 g/mol. The van der Waals surface area contributed by atoms with Crippen LogP contribution in [0.15, 0.2) is 24.3 Å². The van der Waals surface area contributed by atoms with Gasteiger partial charge < -0.3 is 10.1 Å². The topological polar surface area (TPSA) is 21.3 Å². The number of halogens is 1. The van der Waals surface area contributed by atoms with Crippen molar-refractivity contribution >= 4 is 0 Å². The van der Waals surface area contributed by atoms with E-state index in [2.05, 4.69) is 26.1 Å². The van der Waals surface area contributed by atoms with Crippen LogP contribution in [0, 0.1) is 11.2 Å². The van der Waals surface area contributed by atoms with Gasteiger partial charge in [-0.1, -0.05) is 26.0 Å². The lowest BCUT2D eigenvalue weighted by atomic mass is 9.95. The van der Waals surface area contributed by atoms with E-state index in [9.17, 15) is 4.39 Å². The highest BCUT2D eigenvalue weighted by Gasteiger charge is 2.29. The van der Waals surface area contributed by atoms with Crippen LogP contribution in [0.1, 0.15) is 32.4 Å². The highest BCUT2D eigenvalue weighted by Crippen LogP contribution is 2.28. The maximum atomic E-state index is 12.9. The number of benzene rings is 1. The third kappa shape index (κ3) is 3.05. The van der Waals surface area contributed by atoms with Gasteiger partial charge in [0.15, 0.2) is 0 Å². The molecule has 2 nitrogen and oxygen atoms in total. The molecule has 3 heteroatoms. The van der Waals surface area contributed by atoms with Crippen molar-refractivity contribution in [1.29, 1.82) is 0 Å². The Bertz CT molecular complexity index is 374. The predicted molar refractivity (Wildman–Crippen MR) is 66.3 cm³/mol. The van der Waals surface area contributed by atoms with E-state index in [1.165, 1.54) is 12.1 Å². The van der Waals surface area contributed by atoms with Crippen molar-refractivity contribution < 1.29 is 9.13 Å². The van der Waals surface area contributed by atoms with Crippen molar-refractivity contribution in [2.24, 2.45) is 5.41 Å². The van der Waals surface area contributed by atoms with Crippen LogP contribution in [-0.2, 0) is 4.74 Å². The molecule has 1 saturated heterocycles. The number of hydrogen-bond donors (Lipinski definition) is 1. The zero-order valence-corrected chi connectivity index (χ0v) is 10.7. The molecule has 1 aromatic rings. The smallest absolute Gasteiger partial charge is 0.123 e. The van der Waals surface area contributed by atoms with Crippen LogP contribution in [0.5, 0.6) is 0 Å². The Balaban J connectivity index is 2.17. The molecular formula is C14H20FNO. The summed E-state index contributed by atoms with van der Waals surface area (Å²) in [5.74, 6) is -0.205. The summed E-state index contributed by atoms with van der Waals surface area (Å²) in [7, 11) is 0. The Morgan fingerprint density at radius 2 is 1.94 bits per heavy atom. The van der Waals surface area contributed by atoms with E-state index >= 15 is 0 Å². The Morgan fingerprint density at radius 3 is 2.59 bits per heavy atom. The molecule has 0 spiro atoms. The second-order valence-corrected chi connectivity index (χ2v) is 5.62. The molecule has 2 rings (SSSR count). The van der Waals surface area contributed by atoms with E-state index in [1.54, 1.807) is 12.1 Å². The molecule has 2 atom stereocenters. The molecule has 0 aromatic heterocycles. The fourth-order valence-corrected chi connectivity index (χ4v) is 2.09. The second kappa shape index (κ2) is 4.75. The van der Waals surface area contributed by atoms with Crippen molar-refractivity contribution in [3.8, 4) is 0 Å². The van der Waals surface area contributed by atoms with Crippen LogP contribution >= 0.6 is 0 Å². The van der Waals surface area contributed by atoms with Crippen molar-refractivity contribution in [2.75, 3.05) is 13.2 Å². The lowest BCUT2D eigenvalue weighted by molar-refractivity contribution is 0.0126. The Hall–Kier alpha value is -0.930. The molecule has 0 radical (unpaired) electrons. The summed E-state index contributed by atoms with van der Waals surface area (Å²) in [4.78, 5) is 0. The lowest BCUT2D eigenvalue weighted by Crippen LogP contribution is -2.35. The van der Waals surface area contributed by atoms with Crippen LogP contribution in [0.2, 0.25) is 0 Å². The van der Waals surface area contributed by atoms with Crippen LogP contribution in [0.25, 0.3) is 0 Å². The van der Waals surface area contributed by atoms with Gasteiger partial charge in [0.05, 0.1) is 12.7 Å². The van der Waals surface area contributed by atoms with Gasteiger partial charge in [0.25, 0.3) is 0 Å². The third-order valence-corrected chi connectivity index (χ3v) is 3.21. The summed E-state index contributed by atoms with van der Waals surface area (Å²) in [6, 6.07) is 6.82. The first kappa shape index (κ1) is 12.5. The van der Waals surface area contributed by atoms with E-state index in [0.717, 1.165) is 12.1 Å². The molecule has 1 aliphatic rings. The third-order valence-electron chi connectivity index (χ3n) is 3.21. The largest absolute Gasteiger partial charge is 0.371 e. The van der Waals surface area contributed by atoms with Crippen LogP contribution < -0.4 is 5.32 Å². The van der Waals surface area contributed by atoms with Gasteiger partial charge >= 0.3 is 0 Å². The minimum atomic E-state index is -0.205. The van der Waals surface area contributed by atoms with Crippen molar-refractivity contribution in [1.82, 2.24) is 5.32 Å². The normalized spacial score (nSPS) is 28.7. The minimum absolute atomic E-state index is 0.00243. The zero-order chi connectivity index (χ0) is 12.5. The van der Waals surface area contributed by atoms with E-state index in [0.29, 0.717) is 6.61 Å². The molecule has 17 heavy (non-hydrogen) atoms. The van der Waals surface area contributed by atoms with E-state index in [4.69, 9.17) is 4.74 Å². The highest BCUT2D eigenvalue weighted by atomic mass is 19.1. The maximum Gasteiger partial charge on any atom is 0.123 e. The van der Waals surface area contributed by atoms with Gasteiger partial charge in [-0.05, 0) is 24.6 Å². The molecule has 0 saturated carbocycles. The lowest BCUT2D eigenvalue weighted by Gasteiger charge is -2.22. The standard InChI is InChI=1S/C14H20FNO/c1-10-13(11-4-6-12(15)7-5-11)17-9-14(2,3)8-16-10/h4-7,10,13,16H,8-9H2,1-3H3. The molecule has 1 heterocycles. The molecule has 0 amide bonds. The zero-order valence-electron chi connectivity index (χ0n) is 10.7. The number of hydrogen-bond acceptors (Lipinski definition) is 2. The van der Waals surface area contributed by atoms with Crippen LogP contribution in [-0.4, -0.2) is 19.2 Å². The molecule has 1 N–H and O–H groups in total. The summed E-state index contributed by atoms with van der Waals surface area (Å²) in [6.07, 6.45) is -0.00243. The summed E-state index contributed by atoms with van der Waals surface area (Å²) in [5.41, 5.74) is 1.17. The van der Waals surface area contributed by atoms with Crippen molar-refractivity contribution in [3.05, 3.63) is 35.6 Å². The summed E-state index contributed by atoms with van der Waals surface area (Å²) in [5, 5.41) is 3.48. The van der Waals surface area contributed by atoms with Gasteiger partial charge in [0, 0.05) is 18.0 Å². The molecule has 1 aromatic carbocycles. The number of ether oxygens (including phenoxy) is 1.